The Balaban J connectivity index is 1.71. The quantitative estimate of drug-likeness (QED) is 0.231. The highest BCUT2D eigenvalue weighted by Crippen LogP contribution is 2.61. The molecule has 0 aromatic heterocycles. The van der Waals surface area contributed by atoms with Crippen molar-refractivity contribution in [2.45, 2.75) is 0 Å². The second-order valence-corrected chi connectivity index (χ2v) is 17.0. The Morgan fingerprint density at radius 3 is 1.68 bits per heavy atom. The maximum Gasteiger partial charge on any atom is 0.291 e. The van der Waals surface area contributed by atoms with Gasteiger partial charge in [-0.25, -0.2) is 0 Å². The van der Waals surface area contributed by atoms with E-state index >= 15 is 0 Å². The summed E-state index contributed by atoms with van der Waals surface area (Å²) in [6, 6.07) is 44.3. The van der Waals surface area contributed by atoms with E-state index in [-0.39, 0.29) is 0 Å². The van der Waals surface area contributed by atoms with Crippen molar-refractivity contribution < 1.29 is 4.58 Å². The molecule has 1 aliphatic heterocycles. The summed E-state index contributed by atoms with van der Waals surface area (Å²) in [5.74, 6) is 2.61. The van der Waals surface area contributed by atoms with Gasteiger partial charge in [-0.15, -0.1) is 4.58 Å². The predicted octanol–water partition coefficient (Wildman–Crippen LogP) is 6.70. The first-order valence-corrected chi connectivity index (χ1v) is 16.9. The number of hydrogen-bond acceptors (Lipinski definition) is 1. The summed E-state index contributed by atoms with van der Waals surface area (Å²) in [6.45, 7) is 5.03. The smallest absolute Gasteiger partial charge is 0.291 e. The Morgan fingerprint density at radius 2 is 1.09 bits per heavy atom. The summed E-state index contributed by atoms with van der Waals surface area (Å²) in [7, 11) is -3.17. The summed E-state index contributed by atoms with van der Waals surface area (Å²) in [6.07, 6.45) is 3.14. The maximum absolute atomic E-state index is 2.68. The molecular weight excluding hydrogens is 450 g/mol. The Hall–Kier alpha value is -2.79. The van der Waals surface area contributed by atoms with Crippen molar-refractivity contribution in [3.05, 3.63) is 121 Å². The third kappa shape index (κ3) is 4.85. The van der Waals surface area contributed by atoms with Gasteiger partial charge in [-0.3, -0.25) is 0 Å². The minimum Gasteiger partial charge on any atom is -0.305 e. The minimum atomic E-state index is -1.63. The van der Waals surface area contributed by atoms with Crippen LogP contribution < -0.4 is 15.5 Å². The molecule has 2 nitrogen and oxygen atoms in total. The van der Waals surface area contributed by atoms with Crippen LogP contribution >= 0.6 is 14.5 Å². The Labute approximate surface area is 205 Å². The highest BCUT2D eigenvalue weighted by molar-refractivity contribution is 7.94. The molecule has 0 saturated carbocycles. The normalized spacial score (nSPS) is 23.0. The molecule has 1 heterocycles. The molecule has 34 heavy (non-hydrogen) atoms. The van der Waals surface area contributed by atoms with Crippen LogP contribution in [0.3, 0.4) is 0 Å². The molecule has 0 saturated heterocycles. The van der Waals surface area contributed by atoms with Crippen molar-refractivity contribution in [3.63, 3.8) is 0 Å². The molecule has 0 spiro atoms. The standard InChI is InChI=1S/C30H33N2P2/c1-33(29-19-11-5-12-20-29)23-31(27-15-7-3-8-16-27)25-34(2,30-21-13-6-14-22-30)26-32(24-33)28-17-9-4-10-18-28/h3-23H,24-26H2,1-2H3/q+3. The molecule has 4 heteroatoms. The fourth-order valence-corrected chi connectivity index (χ4v) is 11.5. The van der Waals surface area contributed by atoms with E-state index in [0.717, 1.165) is 18.9 Å². The lowest BCUT2D eigenvalue weighted by molar-refractivity contribution is -0.410. The van der Waals surface area contributed by atoms with Gasteiger partial charge in [0.15, 0.2) is 7.26 Å². The zero-order valence-electron chi connectivity index (χ0n) is 20.0. The van der Waals surface area contributed by atoms with Crippen molar-refractivity contribution in [1.82, 2.24) is 0 Å². The van der Waals surface area contributed by atoms with Crippen LogP contribution in [0, 0.1) is 0 Å². The molecular formula is C30H33N2P2+3. The number of anilines is 1. The van der Waals surface area contributed by atoms with Crippen LogP contribution in [0.15, 0.2) is 121 Å². The van der Waals surface area contributed by atoms with Gasteiger partial charge >= 0.3 is 0 Å². The molecule has 0 fully saturated rings. The van der Waals surface area contributed by atoms with E-state index in [9.17, 15) is 0 Å². The third-order valence-electron chi connectivity index (χ3n) is 6.74. The molecule has 2 unspecified atom stereocenters. The van der Waals surface area contributed by atoms with Crippen LogP contribution in [-0.4, -0.2) is 42.7 Å². The molecule has 4 aromatic rings. The van der Waals surface area contributed by atoms with Gasteiger partial charge < -0.3 is 4.90 Å². The molecule has 5 rings (SSSR count). The highest BCUT2D eigenvalue weighted by atomic mass is 31.2. The predicted molar refractivity (Wildman–Crippen MR) is 154 cm³/mol. The molecule has 0 radical (unpaired) electrons. The van der Waals surface area contributed by atoms with Gasteiger partial charge in [0, 0.05) is 17.8 Å². The first-order valence-electron chi connectivity index (χ1n) is 11.8. The lowest BCUT2D eigenvalue weighted by Crippen LogP contribution is -2.39. The largest absolute Gasteiger partial charge is 0.305 e. The average Bonchev–Trinajstić information content (AvgIpc) is 2.89. The van der Waals surface area contributed by atoms with Gasteiger partial charge in [0.05, 0.1) is 13.3 Å². The van der Waals surface area contributed by atoms with Crippen molar-refractivity contribution in [2.75, 3.05) is 37.1 Å². The third-order valence-corrected chi connectivity index (χ3v) is 13.4. The summed E-state index contributed by atoms with van der Waals surface area (Å²) < 4.78 is 2.59. The molecule has 0 bridgehead atoms. The minimum absolute atomic E-state index is 1.03. The summed E-state index contributed by atoms with van der Waals surface area (Å²) in [4.78, 5) is 2.68. The Kier molecular flexibility index (Phi) is 6.64. The molecule has 0 aliphatic carbocycles. The van der Waals surface area contributed by atoms with Crippen molar-refractivity contribution in [1.29, 1.82) is 0 Å². The second-order valence-electron chi connectivity index (χ2n) is 9.56. The SMILES string of the molecule is C[P+]1(c2ccccc2)C=[N+](c2ccccc2)C[P+](C)(c2ccccc2)CN(c2ccccc2)C1. The summed E-state index contributed by atoms with van der Waals surface area (Å²) >= 11 is 0. The first kappa shape index (κ1) is 23.0. The zero-order chi connectivity index (χ0) is 23.4. The van der Waals surface area contributed by atoms with Crippen LogP contribution in [-0.2, 0) is 0 Å². The number of benzene rings is 4. The lowest BCUT2D eigenvalue weighted by atomic mass is 10.3. The van der Waals surface area contributed by atoms with E-state index in [1.807, 2.05) is 0 Å². The number of rotatable bonds is 4. The Bertz CT molecular complexity index is 1250. The summed E-state index contributed by atoms with van der Waals surface area (Å²) in [5.41, 5.74) is 2.62. The van der Waals surface area contributed by atoms with Gasteiger partial charge in [0.1, 0.15) is 30.4 Å². The molecule has 170 valence electrons. The van der Waals surface area contributed by atoms with E-state index in [0.29, 0.717) is 0 Å². The van der Waals surface area contributed by atoms with E-state index < -0.39 is 14.5 Å². The van der Waals surface area contributed by atoms with Crippen LogP contribution in [0.5, 0.6) is 0 Å². The summed E-state index contributed by atoms with van der Waals surface area (Å²) in [5, 5.41) is 2.95. The van der Waals surface area contributed by atoms with Gasteiger partial charge in [0.25, 0.3) is 12.2 Å². The monoisotopic (exact) mass is 483 g/mol. The van der Waals surface area contributed by atoms with E-state index in [4.69, 9.17) is 0 Å². The molecule has 0 amide bonds. The lowest BCUT2D eigenvalue weighted by Gasteiger charge is -2.34. The fourth-order valence-electron chi connectivity index (χ4n) is 4.98. The van der Waals surface area contributed by atoms with Gasteiger partial charge in [-0.2, -0.15) is 0 Å². The zero-order valence-corrected chi connectivity index (χ0v) is 21.8. The number of para-hydroxylation sites is 2. The van der Waals surface area contributed by atoms with E-state index in [1.165, 1.54) is 22.0 Å². The van der Waals surface area contributed by atoms with Crippen LogP contribution in [0.2, 0.25) is 0 Å². The topological polar surface area (TPSA) is 6.25 Å². The van der Waals surface area contributed by atoms with E-state index in [2.05, 4.69) is 150 Å². The van der Waals surface area contributed by atoms with Crippen LogP contribution in [0.4, 0.5) is 11.4 Å². The first-order chi connectivity index (χ1) is 16.6. The maximum atomic E-state index is 2.68. The van der Waals surface area contributed by atoms with Crippen LogP contribution in [0.25, 0.3) is 0 Å². The average molecular weight is 484 g/mol. The molecule has 2 atom stereocenters. The highest BCUT2D eigenvalue weighted by Gasteiger charge is 2.50. The van der Waals surface area contributed by atoms with Gasteiger partial charge in [0.2, 0.25) is 5.69 Å². The Morgan fingerprint density at radius 1 is 0.588 bits per heavy atom. The molecule has 1 aliphatic rings. The molecule has 4 aromatic carbocycles. The van der Waals surface area contributed by atoms with Crippen molar-refractivity contribution >= 4 is 42.5 Å². The molecule has 0 N–H and O–H groups in total. The second kappa shape index (κ2) is 9.83. The van der Waals surface area contributed by atoms with Crippen molar-refractivity contribution in [2.24, 2.45) is 0 Å². The van der Waals surface area contributed by atoms with E-state index in [1.54, 1.807) is 0 Å². The number of hydrogen-bond donors (Lipinski definition) is 0. The van der Waals surface area contributed by atoms with Gasteiger partial charge in [-0.1, -0.05) is 72.8 Å². The van der Waals surface area contributed by atoms with Gasteiger partial charge in [-0.05, 0) is 36.4 Å². The number of nitrogens with zero attached hydrogens (tertiary/aromatic N) is 2. The fraction of sp³-hybridized carbons (Fsp3) is 0.167. The van der Waals surface area contributed by atoms with Crippen molar-refractivity contribution in [3.8, 4) is 0 Å². The van der Waals surface area contributed by atoms with Crippen LogP contribution in [0.1, 0.15) is 0 Å².